The number of benzene rings is 2. The van der Waals surface area contributed by atoms with Gasteiger partial charge in [-0.25, -0.2) is 4.21 Å². The maximum absolute atomic E-state index is 13.4. The van der Waals surface area contributed by atoms with Gasteiger partial charge in [0.05, 0.1) is 32.9 Å². The minimum Gasteiger partial charge on any atom is -0.351 e. The molecule has 0 saturated carbocycles. The lowest BCUT2D eigenvalue weighted by Crippen LogP contribution is -2.34. The van der Waals surface area contributed by atoms with E-state index in [0.717, 1.165) is 28.8 Å². The number of rotatable bonds is 7. The van der Waals surface area contributed by atoms with Crippen LogP contribution in [0, 0.1) is 18.3 Å². The summed E-state index contributed by atoms with van der Waals surface area (Å²) in [7, 11) is -1.95. The molecule has 0 bridgehead atoms. The van der Waals surface area contributed by atoms with E-state index in [1.807, 2.05) is 6.07 Å². The summed E-state index contributed by atoms with van der Waals surface area (Å²) in [5, 5.41) is 11.4. The summed E-state index contributed by atoms with van der Waals surface area (Å²) in [6, 6.07) is 12.8. The molecule has 0 radical (unpaired) electrons. The number of amides is 1. The monoisotopic (exact) mass is 501 g/mol. The van der Waals surface area contributed by atoms with Crippen LogP contribution in [-0.2, 0) is 21.8 Å². The third-order valence-electron chi connectivity index (χ3n) is 5.02. The van der Waals surface area contributed by atoms with Gasteiger partial charge in [-0.2, -0.15) is 18.4 Å². The molecule has 7 nitrogen and oxygen atoms in total. The van der Waals surface area contributed by atoms with Gasteiger partial charge < -0.3 is 10.1 Å². The third kappa shape index (κ3) is 5.55. The predicted octanol–water partition coefficient (Wildman–Crippen LogP) is 3.52. The normalized spacial score (nSPS) is 12.0. The lowest BCUT2D eigenvalue weighted by molar-refractivity contribution is -0.137. The van der Waals surface area contributed by atoms with E-state index in [1.165, 1.54) is 37.3 Å². The molecule has 1 amide bonds. The van der Waals surface area contributed by atoms with Crippen LogP contribution in [0.3, 0.4) is 0 Å². The van der Waals surface area contributed by atoms with Gasteiger partial charge in [0.1, 0.15) is 11.8 Å². The van der Waals surface area contributed by atoms with Crippen molar-refractivity contribution < 1.29 is 27.0 Å². The van der Waals surface area contributed by atoms with E-state index in [4.69, 9.17) is 5.26 Å². The zero-order valence-corrected chi connectivity index (χ0v) is 19.1. The average molecular weight is 501 g/mol. The number of aromatic nitrogens is 1. The second-order valence-electron chi connectivity index (χ2n) is 7.31. The van der Waals surface area contributed by atoms with Gasteiger partial charge in [-0.3, -0.25) is 14.2 Å². The summed E-state index contributed by atoms with van der Waals surface area (Å²) in [4.78, 5) is 36.8. The number of aldehydes is 1. The summed E-state index contributed by atoms with van der Waals surface area (Å²) >= 11 is 0. The highest BCUT2D eigenvalue weighted by Crippen LogP contribution is 2.31. The molecule has 11 heteroatoms. The van der Waals surface area contributed by atoms with Crippen molar-refractivity contribution in [3.05, 3.63) is 87.3 Å². The SMILES string of the molecule is Cc1c(S(=O)c2ccc(C#N)cc2)cc(C(=O)NCCC=O)c(=O)n1-c1cccc(C(F)(F)F)c1. The van der Waals surface area contributed by atoms with Crippen LogP contribution < -0.4 is 10.9 Å². The highest BCUT2D eigenvalue weighted by atomic mass is 32.2. The largest absolute Gasteiger partial charge is 0.416 e. The number of nitrogens with zero attached hydrogens (tertiary/aromatic N) is 2. The average Bonchev–Trinajstić information content (AvgIpc) is 2.83. The Bertz CT molecular complexity index is 1410. The molecule has 0 saturated heterocycles. The van der Waals surface area contributed by atoms with Gasteiger partial charge in [0.2, 0.25) is 0 Å². The zero-order chi connectivity index (χ0) is 25.8. The Labute approximate surface area is 200 Å². The zero-order valence-electron chi connectivity index (χ0n) is 18.3. The van der Waals surface area contributed by atoms with E-state index in [1.54, 1.807) is 0 Å². The molecule has 0 aliphatic carbocycles. The molecule has 180 valence electrons. The Morgan fingerprint density at radius 2 is 1.86 bits per heavy atom. The molecular formula is C24H18F3N3O4S. The van der Waals surface area contributed by atoms with E-state index >= 15 is 0 Å². The molecule has 3 rings (SSSR count). The molecule has 1 aromatic heterocycles. The fraction of sp³-hybridized carbons (Fsp3) is 0.167. The van der Waals surface area contributed by atoms with Crippen LogP contribution in [0.15, 0.2) is 69.2 Å². The smallest absolute Gasteiger partial charge is 0.351 e. The van der Waals surface area contributed by atoms with E-state index in [9.17, 15) is 31.8 Å². The standard InChI is InChI=1S/C24H18F3N3O4S/c1-15-21(35(34)19-8-6-16(14-28)7-9-19)13-20(22(32)29-10-3-11-31)23(33)30(15)18-5-2-4-17(12-18)24(25,26)27/h2,4-9,11-13H,3,10H2,1H3,(H,29,32). The first-order valence-electron chi connectivity index (χ1n) is 10.2. The van der Waals surface area contributed by atoms with Gasteiger partial charge in [0.25, 0.3) is 11.5 Å². The van der Waals surface area contributed by atoms with Crippen molar-refractivity contribution in [3.8, 4) is 11.8 Å². The van der Waals surface area contributed by atoms with Gasteiger partial charge in [-0.05, 0) is 55.5 Å². The quantitative estimate of drug-likeness (QED) is 0.394. The number of halogens is 3. The van der Waals surface area contributed by atoms with Crippen molar-refractivity contribution in [2.24, 2.45) is 0 Å². The second-order valence-corrected chi connectivity index (χ2v) is 8.76. The van der Waals surface area contributed by atoms with Crippen LogP contribution >= 0.6 is 0 Å². The number of nitriles is 1. The van der Waals surface area contributed by atoms with E-state index in [-0.39, 0.29) is 34.1 Å². The van der Waals surface area contributed by atoms with E-state index < -0.39 is 39.6 Å². The molecule has 0 spiro atoms. The maximum atomic E-state index is 13.4. The first-order valence-corrected chi connectivity index (χ1v) is 11.3. The summed E-state index contributed by atoms with van der Waals surface area (Å²) < 4.78 is 54.2. The van der Waals surface area contributed by atoms with Crippen molar-refractivity contribution in [1.82, 2.24) is 9.88 Å². The van der Waals surface area contributed by atoms with Gasteiger partial charge in [-0.1, -0.05) is 6.07 Å². The van der Waals surface area contributed by atoms with Crippen LogP contribution in [0.5, 0.6) is 0 Å². The van der Waals surface area contributed by atoms with Gasteiger partial charge in [0.15, 0.2) is 0 Å². The number of hydrogen-bond donors (Lipinski definition) is 1. The fourth-order valence-corrected chi connectivity index (χ4v) is 4.50. The molecule has 0 aliphatic rings. The highest BCUT2D eigenvalue weighted by molar-refractivity contribution is 7.85. The maximum Gasteiger partial charge on any atom is 0.416 e. The molecule has 3 aromatic rings. The van der Waals surface area contributed by atoms with Crippen LogP contribution in [0.25, 0.3) is 5.69 Å². The molecular weight excluding hydrogens is 483 g/mol. The van der Waals surface area contributed by atoms with Crippen molar-refractivity contribution in [3.63, 3.8) is 0 Å². The van der Waals surface area contributed by atoms with Gasteiger partial charge in [-0.15, -0.1) is 0 Å². The van der Waals surface area contributed by atoms with E-state index in [2.05, 4.69) is 5.32 Å². The minimum atomic E-state index is -4.68. The van der Waals surface area contributed by atoms with Gasteiger partial charge >= 0.3 is 6.18 Å². The van der Waals surface area contributed by atoms with E-state index in [0.29, 0.717) is 11.8 Å². The topological polar surface area (TPSA) is 109 Å². The van der Waals surface area contributed by atoms with Crippen LogP contribution in [0.2, 0.25) is 0 Å². The Morgan fingerprint density at radius 3 is 2.46 bits per heavy atom. The summed E-state index contributed by atoms with van der Waals surface area (Å²) in [6.45, 7) is 1.35. The Hall–Kier alpha value is -4.04. The second kappa shape index (κ2) is 10.5. The van der Waals surface area contributed by atoms with Crippen LogP contribution in [0.1, 0.15) is 33.6 Å². The van der Waals surface area contributed by atoms with Crippen molar-refractivity contribution in [2.75, 3.05) is 6.54 Å². The molecule has 0 fully saturated rings. The van der Waals surface area contributed by atoms with Crippen molar-refractivity contribution in [2.45, 2.75) is 29.3 Å². The fourth-order valence-electron chi connectivity index (χ4n) is 3.28. The number of hydrogen-bond acceptors (Lipinski definition) is 5. The Balaban J connectivity index is 2.24. The molecule has 1 atom stereocenters. The lowest BCUT2D eigenvalue weighted by Gasteiger charge is -2.17. The summed E-state index contributed by atoms with van der Waals surface area (Å²) in [6.07, 6.45) is -4.11. The van der Waals surface area contributed by atoms with Crippen molar-refractivity contribution >= 4 is 23.0 Å². The Morgan fingerprint density at radius 1 is 1.17 bits per heavy atom. The minimum absolute atomic E-state index is 0.0105. The lowest BCUT2D eigenvalue weighted by atomic mass is 10.1. The Kier molecular flexibility index (Phi) is 7.66. The third-order valence-corrected chi connectivity index (χ3v) is 6.54. The summed E-state index contributed by atoms with van der Waals surface area (Å²) in [5.41, 5.74) is -2.13. The molecule has 35 heavy (non-hydrogen) atoms. The first kappa shape index (κ1) is 25.6. The highest BCUT2D eigenvalue weighted by Gasteiger charge is 2.31. The summed E-state index contributed by atoms with van der Waals surface area (Å²) in [5.74, 6) is -0.865. The van der Waals surface area contributed by atoms with Crippen molar-refractivity contribution in [1.29, 1.82) is 5.26 Å². The number of alkyl halides is 3. The molecule has 1 heterocycles. The molecule has 0 aliphatic heterocycles. The molecule has 2 aromatic carbocycles. The number of pyridine rings is 1. The van der Waals surface area contributed by atoms with Gasteiger partial charge in [0, 0.05) is 29.2 Å². The number of carbonyl (C=O) groups excluding carboxylic acids is 2. The van der Waals surface area contributed by atoms with Crippen LogP contribution in [0.4, 0.5) is 13.2 Å². The molecule has 1 N–H and O–H groups in total. The van der Waals surface area contributed by atoms with Crippen LogP contribution in [-0.4, -0.2) is 27.5 Å². The number of nitrogens with one attached hydrogen (secondary N) is 1. The predicted molar refractivity (Wildman–Crippen MR) is 121 cm³/mol. The first-order chi connectivity index (χ1) is 16.6. The number of carbonyl (C=O) groups is 2. The molecule has 1 unspecified atom stereocenters.